The van der Waals surface area contributed by atoms with Crippen molar-refractivity contribution in [1.29, 1.82) is 0 Å². The normalized spacial score (nSPS) is 21.3. The fourth-order valence-corrected chi connectivity index (χ4v) is 1.57. The number of aliphatic hydroxyl groups is 1. The zero-order valence-corrected chi connectivity index (χ0v) is 8.71. The molecule has 5 nitrogen and oxygen atoms in total. The zero-order chi connectivity index (χ0) is 11.0. The number of carbonyl (C=O) groups excluding carboxylic acids is 1. The van der Waals surface area contributed by atoms with E-state index in [1.807, 2.05) is 13.0 Å². The third kappa shape index (κ3) is 1.66. The van der Waals surface area contributed by atoms with Crippen LogP contribution in [-0.4, -0.2) is 40.8 Å². The van der Waals surface area contributed by atoms with Crippen LogP contribution in [0.2, 0.25) is 0 Å². The molecule has 1 saturated heterocycles. The van der Waals surface area contributed by atoms with E-state index < -0.39 is 6.23 Å². The minimum atomic E-state index is -0.808. The molecule has 1 aromatic rings. The molecular formula is C10H13N3O2. The van der Waals surface area contributed by atoms with Gasteiger partial charge in [-0.1, -0.05) is 6.07 Å². The number of aryl methyl sites for hydroxylation is 1. The molecule has 2 amide bonds. The second-order valence-corrected chi connectivity index (χ2v) is 3.71. The Morgan fingerprint density at radius 2 is 2.27 bits per heavy atom. The van der Waals surface area contributed by atoms with Crippen LogP contribution in [0.4, 0.5) is 10.6 Å². The molecule has 2 rings (SSSR count). The molecule has 5 heteroatoms. The number of β-amino-alcohol motifs (C(OH)–C–C–N with tert-alkyl or cyclic N) is 1. The van der Waals surface area contributed by atoms with Crippen LogP contribution in [0.15, 0.2) is 18.3 Å². The topological polar surface area (TPSA) is 56.7 Å². The number of rotatable bonds is 1. The summed E-state index contributed by atoms with van der Waals surface area (Å²) in [6, 6.07) is 3.37. The summed E-state index contributed by atoms with van der Waals surface area (Å²) in [5, 5.41) is 9.68. The number of carbonyl (C=O) groups is 1. The third-order valence-electron chi connectivity index (χ3n) is 2.41. The molecule has 1 aliphatic rings. The van der Waals surface area contributed by atoms with E-state index in [0.29, 0.717) is 12.4 Å². The first-order valence-corrected chi connectivity index (χ1v) is 4.74. The predicted molar refractivity (Wildman–Crippen MR) is 55.5 cm³/mol. The molecule has 1 N–H and O–H groups in total. The van der Waals surface area contributed by atoms with Crippen LogP contribution in [0.25, 0.3) is 0 Å². The van der Waals surface area contributed by atoms with E-state index in [1.54, 1.807) is 19.3 Å². The van der Waals surface area contributed by atoms with Crippen LogP contribution in [0.5, 0.6) is 0 Å². The molecule has 15 heavy (non-hydrogen) atoms. The van der Waals surface area contributed by atoms with Crippen molar-refractivity contribution in [2.45, 2.75) is 13.2 Å². The van der Waals surface area contributed by atoms with Gasteiger partial charge in [-0.2, -0.15) is 0 Å². The molecule has 1 atom stereocenters. The lowest BCUT2D eigenvalue weighted by atomic mass is 10.3. The second kappa shape index (κ2) is 3.51. The summed E-state index contributed by atoms with van der Waals surface area (Å²) >= 11 is 0. The van der Waals surface area contributed by atoms with Crippen LogP contribution in [0.3, 0.4) is 0 Å². The highest BCUT2D eigenvalue weighted by Gasteiger charge is 2.35. The SMILES string of the molecule is Cc1ccc(N2C(=O)N(C)CC2O)nc1. The number of aliphatic hydroxyl groups excluding tert-OH is 1. The molecule has 0 aromatic carbocycles. The summed E-state index contributed by atoms with van der Waals surface area (Å²) < 4.78 is 0. The molecule has 0 spiro atoms. The zero-order valence-electron chi connectivity index (χ0n) is 8.71. The van der Waals surface area contributed by atoms with Gasteiger partial charge in [-0.05, 0) is 18.6 Å². The van der Waals surface area contributed by atoms with Crippen molar-refractivity contribution in [1.82, 2.24) is 9.88 Å². The number of aromatic nitrogens is 1. The molecule has 1 aliphatic heterocycles. The van der Waals surface area contributed by atoms with Gasteiger partial charge in [0.1, 0.15) is 5.82 Å². The summed E-state index contributed by atoms with van der Waals surface area (Å²) in [7, 11) is 1.65. The molecule has 80 valence electrons. The minimum absolute atomic E-state index is 0.223. The number of likely N-dealkylation sites (N-methyl/N-ethyl adjacent to an activating group) is 1. The maximum Gasteiger partial charge on any atom is 0.327 e. The number of nitrogens with zero attached hydrogens (tertiary/aromatic N) is 3. The van der Waals surface area contributed by atoms with Crippen molar-refractivity contribution >= 4 is 11.8 Å². The number of hydrogen-bond acceptors (Lipinski definition) is 3. The molecule has 0 bridgehead atoms. The average molecular weight is 207 g/mol. The molecule has 2 heterocycles. The van der Waals surface area contributed by atoms with E-state index in [0.717, 1.165) is 5.56 Å². The quantitative estimate of drug-likeness (QED) is 0.732. The maximum absolute atomic E-state index is 11.7. The van der Waals surface area contributed by atoms with E-state index in [-0.39, 0.29) is 6.03 Å². The third-order valence-corrected chi connectivity index (χ3v) is 2.41. The molecule has 1 fully saturated rings. The average Bonchev–Trinajstić information content (AvgIpc) is 2.44. The molecule has 0 saturated carbocycles. The molecule has 0 radical (unpaired) electrons. The van der Waals surface area contributed by atoms with Crippen molar-refractivity contribution in [2.24, 2.45) is 0 Å². The number of urea groups is 1. The first-order valence-electron chi connectivity index (χ1n) is 4.74. The molecule has 0 aliphatic carbocycles. The summed E-state index contributed by atoms with van der Waals surface area (Å²) in [6.45, 7) is 2.24. The fraction of sp³-hybridized carbons (Fsp3) is 0.400. The Morgan fingerprint density at radius 1 is 1.53 bits per heavy atom. The van der Waals surface area contributed by atoms with Gasteiger partial charge in [0.05, 0.1) is 6.54 Å². The first-order chi connectivity index (χ1) is 7.09. The van der Waals surface area contributed by atoms with E-state index in [4.69, 9.17) is 0 Å². The smallest absolute Gasteiger partial charge is 0.327 e. The van der Waals surface area contributed by atoms with Crippen LogP contribution < -0.4 is 4.90 Å². The van der Waals surface area contributed by atoms with Crippen LogP contribution in [0, 0.1) is 6.92 Å². The monoisotopic (exact) mass is 207 g/mol. The van der Waals surface area contributed by atoms with Crippen LogP contribution in [-0.2, 0) is 0 Å². The predicted octanol–water partition coefficient (Wildman–Crippen LogP) is 0.580. The fourth-order valence-electron chi connectivity index (χ4n) is 1.57. The van der Waals surface area contributed by atoms with Crippen molar-refractivity contribution in [3.63, 3.8) is 0 Å². The number of pyridine rings is 1. The second-order valence-electron chi connectivity index (χ2n) is 3.71. The summed E-state index contributed by atoms with van der Waals surface area (Å²) in [4.78, 5) is 18.5. The lowest BCUT2D eigenvalue weighted by Crippen LogP contribution is -2.34. The summed E-state index contributed by atoms with van der Waals surface area (Å²) in [6.07, 6.45) is 0.867. The highest BCUT2D eigenvalue weighted by atomic mass is 16.3. The van der Waals surface area contributed by atoms with Gasteiger partial charge >= 0.3 is 6.03 Å². The van der Waals surface area contributed by atoms with Gasteiger partial charge < -0.3 is 10.0 Å². The summed E-state index contributed by atoms with van der Waals surface area (Å²) in [5.41, 5.74) is 1.02. The Balaban J connectivity index is 2.31. The van der Waals surface area contributed by atoms with E-state index in [1.165, 1.54) is 9.80 Å². The highest BCUT2D eigenvalue weighted by molar-refractivity contribution is 5.93. The van der Waals surface area contributed by atoms with Gasteiger partial charge in [0.25, 0.3) is 0 Å². The Bertz CT molecular complexity index is 377. The van der Waals surface area contributed by atoms with Gasteiger partial charge in [0, 0.05) is 13.2 Å². The molecule has 1 aromatic heterocycles. The van der Waals surface area contributed by atoms with Crippen molar-refractivity contribution in [2.75, 3.05) is 18.5 Å². The van der Waals surface area contributed by atoms with Gasteiger partial charge in [0.15, 0.2) is 6.23 Å². The van der Waals surface area contributed by atoms with E-state index in [9.17, 15) is 9.90 Å². The van der Waals surface area contributed by atoms with E-state index in [2.05, 4.69) is 4.98 Å². The highest BCUT2D eigenvalue weighted by Crippen LogP contribution is 2.20. The van der Waals surface area contributed by atoms with Crippen LogP contribution >= 0.6 is 0 Å². The number of hydrogen-bond donors (Lipinski definition) is 1. The number of anilines is 1. The minimum Gasteiger partial charge on any atom is -0.371 e. The van der Waals surface area contributed by atoms with Gasteiger partial charge in [-0.25, -0.2) is 14.7 Å². The lowest BCUT2D eigenvalue weighted by Gasteiger charge is -2.17. The molecular weight excluding hydrogens is 194 g/mol. The Morgan fingerprint density at radius 3 is 2.73 bits per heavy atom. The Kier molecular flexibility index (Phi) is 2.32. The largest absolute Gasteiger partial charge is 0.371 e. The van der Waals surface area contributed by atoms with Crippen LogP contribution in [0.1, 0.15) is 5.56 Å². The van der Waals surface area contributed by atoms with Crippen molar-refractivity contribution < 1.29 is 9.90 Å². The molecule has 1 unspecified atom stereocenters. The van der Waals surface area contributed by atoms with Crippen molar-refractivity contribution in [3.8, 4) is 0 Å². The maximum atomic E-state index is 11.7. The first kappa shape index (κ1) is 9.92. The lowest BCUT2D eigenvalue weighted by molar-refractivity contribution is 0.183. The van der Waals surface area contributed by atoms with E-state index >= 15 is 0 Å². The van der Waals surface area contributed by atoms with Crippen molar-refractivity contribution in [3.05, 3.63) is 23.9 Å². The van der Waals surface area contributed by atoms with Gasteiger partial charge in [-0.15, -0.1) is 0 Å². The Hall–Kier alpha value is -1.62. The summed E-state index contributed by atoms with van der Waals surface area (Å²) in [5.74, 6) is 0.488. The standard InChI is InChI=1S/C10H13N3O2/c1-7-3-4-8(11-5-7)13-9(14)6-12(2)10(13)15/h3-5,9,14H,6H2,1-2H3. The number of amides is 2. The van der Waals surface area contributed by atoms with Gasteiger partial charge in [0.2, 0.25) is 0 Å². The Labute approximate surface area is 87.9 Å². The van der Waals surface area contributed by atoms with Gasteiger partial charge in [-0.3, -0.25) is 0 Å².